The van der Waals surface area contributed by atoms with Gasteiger partial charge in [-0.25, -0.2) is 4.79 Å². The van der Waals surface area contributed by atoms with E-state index in [1.54, 1.807) is 0 Å². The number of cyclic esters (lactones) is 1. The molecular formula is C11H16O4. The number of aliphatic hydroxyl groups excluding tert-OH is 1. The zero-order chi connectivity index (χ0) is 11.4. The van der Waals surface area contributed by atoms with Crippen LogP contribution in [-0.2, 0) is 14.3 Å². The Morgan fingerprint density at radius 2 is 2.13 bits per heavy atom. The molecule has 4 heteroatoms. The number of ketones is 1. The molecule has 1 N–H and O–H groups in total. The molecule has 4 nitrogen and oxygen atoms in total. The number of hydrogen-bond donors (Lipinski definition) is 1. The predicted molar refractivity (Wildman–Crippen MR) is 54.4 cm³/mol. The molecule has 1 aliphatic rings. The van der Waals surface area contributed by atoms with Gasteiger partial charge in [0.25, 0.3) is 0 Å². The van der Waals surface area contributed by atoms with Gasteiger partial charge >= 0.3 is 5.97 Å². The second-order valence-electron chi connectivity index (χ2n) is 3.63. The topological polar surface area (TPSA) is 63.6 Å². The first-order valence-electron chi connectivity index (χ1n) is 5.26. The fourth-order valence-electron chi connectivity index (χ4n) is 1.54. The molecule has 0 aliphatic carbocycles. The van der Waals surface area contributed by atoms with Gasteiger partial charge in [0, 0.05) is 12.8 Å². The summed E-state index contributed by atoms with van der Waals surface area (Å²) < 4.78 is 5.01. The van der Waals surface area contributed by atoms with Crippen LogP contribution >= 0.6 is 0 Å². The summed E-state index contributed by atoms with van der Waals surface area (Å²) >= 11 is 0. The maximum absolute atomic E-state index is 11.6. The van der Waals surface area contributed by atoms with Crippen LogP contribution in [0.25, 0.3) is 0 Å². The van der Waals surface area contributed by atoms with Crippen molar-refractivity contribution in [3.63, 3.8) is 0 Å². The van der Waals surface area contributed by atoms with E-state index in [0.29, 0.717) is 19.3 Å². The Bertz CT molecular complexity index is 284. The summed E-state index contributed by atoms with van der Waals surface area (Å²) in [5.74, 6) is -1.12. The average Bonchev–Trinajstić information content (AvgIpc) is 2.16. The first-order chi connectivity index (χ1) is 7.10. The van der Waals surface area contributed by atoms with E-state index in [1.807, 2.05) is 13.8 Å². The molecule has 1 rings (SSSR count). The quantitative estimate of drug-likeness (QED) is 0.336. The lowest BCUT2D eigenvalue weighted by Gasteiger charge is -2.22. The fourth-order valence-corrected chi connectivity index (χ4v) is 1.54. The van der Waals surface area contributed by atoms with Crippen molar-refractivity contribution in [2.75, 3.05) is 0 Å². The molecule has 1 fully saturated rings. The molecule has 1 aliphatic heterocycles. The summed E-state index contributed by atoms with van der Waals surface area (Å²) in [4.78, 5) is 23.0. The largest absolute Gasteiger partial charge is 0.511 e. The van der Waals surface area contributed by atoms with Gasteiger partial charge in [0.15, 0.2) is 5.78 Å². The number of carbonyl (C=O) groups excluding carboxylic acids is 2. The van der Waals surface area contributed by atoms with E-state index in [9.17, 15) is 14.7 Å². The second kappa shape index (κ2) is 4.96. The van der Waals surface area contributed by atoms with Gasteiger partial charge in [-0.15, -0.1) is 0 Å². The van der Waals surface area contributed by atoms with E-state index < -0.39 is 5.97 Å². The van der Waals surface area contributed by atoms with Gasteiger partial charge in [0.1, 0.15) is 17.4 Å². The van der Waals surface area contributed by atoms with Crippen LogP contribution in [0.5, 0.6) is 0 Å². The van der Waals surface area contributed by atoms with E-state index in [4.69, 9.17) is 4.74 Å². The lowest BCUT2D eigenvalue weighted by atomic mass is 9.98. The SMILES string of the molecule is CCCC(O)=C1C(=O)C[C@H](CC)OC1=O. The maximum atomic E-state index is 11.6. The van der Waals surface area contributed by atoms with Crippen LogP contribution in [0.1, 0.15) is 39.5 Å². The minimum Gasteiger partial charge on any atom is -0.511 e. The second-order valence-corrected chi connectivity index (χ2v) is 3.63. The Balaban J connectivity index is 2.88. The Morgan fingerprint density at radius 3 is 2.60 bits per heavy atom. The van der Waals surface area contributed by atoms with Crippen LogP contribution in [0.3, 0.4) is 0 Å². The van der Waals surface area contributed by atoms with E-state index in [1.165, 1.54) is 0 Å². The van der Waals surface area contributed by atoms with E-state index in [-0.39, 0.29) is 29.6 Å². The highest BCUT2D eigenvalue weighted by Gasteiger charge is 2.33. The minimum atomic E-state index is -0.677. The van der Waals surface area contributed by atoms with Crippen molar-refractivity contribution in [3.05, 3.63) is 11.3 Å². The predicted octanol–water partition coefficient (Wildman–Crippen LogP) is 1.89. The van der Waals surface area contributed by atoms with Crippen molar-refractivity contribution in [1.29, 1.82) is 0 Å². The smallest absolute Gasteiger partial charge is 0.345 e. The molecule has 0 amide bonds. The third-order valence-electron chi connectivity index (χ3n) is 2.40. The normalized spacial score (nSPS) is 25.1. The van der Waals surface area contributed by atoms with Crippen molar-refractivity contribution in [1.82, 2.24) is 0 Å². The molecule has 0 spiro atoms. The minimum absolute atomic E-state index is 0.137. The number of esters is 1. The first-order valence-corrected chi connectivity index (χ1v) is 5.26. The number of aliphatic hydroxyl groups is 1. The van der Waals surface area contributed by atoms with Crippen LogP contribution in [0, 0.1) is 0 Å². The standard InChI is InChI=1S/C11H16O4/c1-3-5-8(12)10-9(13)6-7(4-2)15-11(10)14/h7,12H,3-6H2,1-2H3/t7-/m0/s1. The summed E-state index contributed by atoms with van der Waals surface area (Å²) in [6, 6.07) is 0. The molecule has 1 heterocycles. The highest BCUT2D eigenvalue weighted by molar-refractivity contribution is 6.19. The van der Waals surface area contributed by atoms with E-state index in [2.05, 4.69) is 0 Å². The molecule has 0 aromatic rings. The van der Waals surface area contributed by atoms with Gasteiger partial charge in [-0.3, -0.25) is 4.79 Å². The van der Waals surface area contributed by atoms with Crippen molar-refractivity contribution in [2.45, 2.75) is 45.6 Å². The molecule has 0 aromatic heterocycles. The molecule has 15 heavy (non-hydrogen) atoms. The maximum Gasteiger partial charge on any atom is 0.345 e. The van der Waals surface area contributed by atoms with Crippen molar-refractivity contribution < 1.29 is 19.4 Å². The number of allylic oxidation sites excluding steroid dienone is 1. The van der Waals surface area contributed by atoms with Crippen LogP contribution in [0.15, 0.2) is 11.3 Å². The van der Waals surface area contributed by atoms with E-state index in [0.717, 1.165) is 0 Å². The summed E-state index contributed by atoms with van der Waals surface area (Å²) in [5.41, 5.74) is -0.151. The summed E-state index contributed by atoms with van der Waals surface area (Å²) in [6.07, 6.45) is 1.51. The molecule has 0 saturated carbocycles. The Labute approximate surface area is 88.9 Å². The van der Waals surface area contributed by atoms with Gasteiger partial charge in [0.2, 0.25) is 0 Å². The van der Waals surface area contributed by atoms with Crippen molar-refractivity contribution in [2.24, 2.45) is 0 Å². The van der Waals surface area contributed by atoms with Gasteiger partial charge in [0.05, 0.1) is 0 Å². The molecule has 0 radical (unpaired) electrons. The van der Waals surface area contributed by atoms with Gasteiger partial charge in [-0.05, 0) is 12.8 Å². The highest BCUT2D eigenvalue weighted by atomic mass is 16.5. The molecule has 1 saturated heterocycles. The summed E-state index contributed by atoms with van der Waals surface area (Å²) in [5, 5.41) is 9.53. The lowest BCUT2D eigenvalue weighted by molar-refractivity contribution is -0.151. The van der Waals surface area contributed by atoms with Crippen LogP contribution in [0.2, 0.25) is 0 Å². The Hall–Kier alpha value is -1.32. The molecule has 0 bridgehead atoms. The van der Waals surface area contributed by atoms with Gasteiger partial charge < -0.3 is 9.84 Å². The summed E-state index contributed by atoms with van der Waals surface area (Å²) in [7, 11) is 0. The van der Waals surface area contributed by atoms with E-state index >= 15 is 0 Å². The Kier molecular flexibility index (Phi) is 3.88. The van der Waals surface area contributed by atoms with Crippen molar-refractivity contribution >= 4 is 11.8 Å². The number of ether oxygens (including phenoxy) is 1. The summed E-state index contributed by atoms with van der Waals surface area (Å²) in [6.45, 7) is 3.72. The fraction of sp³-hybridized carbons (Fsp3) is 0.636. The van der Waals surface area contributed by atoms with Crippen LogP contribution in [-0.4, -0.2) is 23.0 Å². The molecular weight excluding hydrogens is 196 g/mol. The van der Waals surface area contributed by atoms with Gasteiger partial charge in [-0.2, -0.15) is 0 Å². The Morgan fingerprint density at radius 1 is 1.47 bits per heavy atom. The molecule has 84 valence electrons. The monoisotopic (exact) mass is 212 g/mol. The van der Waals surface area contributed by atoms with Crippen LogP contribution in [0.4, 0.5) is 0 Å². The number of Topliss-reactive ketones (excluding diaryl/α,β-unsaturated/α-hetero) is 1. The lowest BCUT2D eigenvalue weighted by Crippen LogP contribution is -2.32. The molecule has 0 unspecified atom stereocenters. The average molecular weight is 212 g/mol. The molecule has 1 atom stereocenters. The van der Waals surface area contributed by atoms with Gasteiger partial charge in [-0.1, -0.05) is 13.8 Å². The first kappa shape index (κ1) is 11.8. The molecule has 0 aromatic carbocycles. The third kappa shape index (κ3) is 2.58. The number of carbonyl (C=O) groups is 2. The number of rotatable bonds is 3. The number of hydrogen-bond acceptors (Lipinski definition) is 4. The highest BCUT2D eigenvalue weighted by Crippen LogP contribution is 2.22. The third-order valence-corrected chi connectivity index (χ3v) is 2.40. The zero-order valence-corrected chi connectivity index (χ0v) is 9.08. The van der Waals surface area contributed by atoms with Crippen LogP contribution < -0.4 is 0 Å². The zero-order valence-electron chi connectivity index (χ0n) is 9.08. The van der Waals surface area contributed by atoms with Crippen molar-refractivity contribution in [3.8, 4) is 0 Å².